The number of amides is 1. The molecule has 0 aliphatic heterocycles. The highest BCUT2D eigenvalue weighted by Gasteiger charge is 2.29. The number of unbranched alkanes of at least 4 members (excludes halogenated alkanes) is 3. The normalized spacial score (nSPS) is 18.9. The molecule has 3 heteroatoms. The number of nitrogens with one attached hydrogen (secondary N) is 1. The van der Waals surface area contributed by atoms with Gasteiger partial charge < -0.3 is 10.4 Å². The molecule has 3 nitrogen and oxygen atoms in total. The summed E-state index contributed by atoms with van der Waals surface area (Å²) in [5, 5.41) is 13.1. The van der Waals surface area contributed by atoms with Crippen LogP contribution in [0.2, 0.25) is 0 Å². The lowest BCUT2D eigenvalue weighted by Crippen LogP contribution is -2.44. The first-order valence-electron chi connectivity index (χ1n) is 7.15. The summed E-state index contributed by atoms with van der Waals surface area (Å²) < 4.78 is 0. The van der Waals surface area contributed by atoms with Gasteiger partial charge in [0.15, 0.2) is 0 Å². The summed E-state index contributed by atoms with van der Waals surface area (Å²) in [6, 6.07) is 0. The smallest absolute Gasteiger partial charge is 0.220 e. The Balaban J connectivity index is 2.10. The Labute approximate surface area is 105 Å². The van der Waals surface area contributed by atoms with E-state index in [1.807, 2.05) is 0 Å². The third-order valence-electron chi connectivity index (χ3n) is 3.66. The van der Waals surface area contributed by atoms with Crippen LogP contribution in [0.1, 0.15) is 71.1 Å². The van der Waals surface area contributed by atoms with Crippen molar-refractivity contribution in [3.63, 3.8) is 0 Å². The van der Waals surface area contributed by atoms with E-state index in [4.69, 9.17) is 0 Å². The largest absolute Gasteiger partial charge is 0.388 e. The van der Waals surface area contributed by atoms with E-state index in [0.29, 0.717) is 13.0 Å². The van der Waals surface area contributed by atoms with Gasteiger partial charge in [0, 0.05) is 13.0 Å². The van der Waals surface area contributed by atoms with Crippen molar-refractivity contribution in [2.45, 2.75) is 76.7 Å². The van der Waals surface area contributed by atoms with Gasteiger partial charge in [-0.1, -0.05) is 45.4 Å². The minimum absolute atomic E-state index is 0.0973. The lowest BCUT2D eigenvalue weighted by Gasteiger charge is -2.32. The van der Waals surface area contributed by atoms with Crippen LogP contribution in [0.3, 0.4) is 0 Å². The maximum atomic E-state index is 11.6. The molecule has 1 fully saturated rings. The Hall–Kier alpha value is -0.570. The van der Waals surface area contributed by atoms with Crippen molar-refractivity contribution < 1.29 is 9.90 Å². The van der Waals surface area contributed by atoms with E-state index < -0.39 is 5.60 Å². The number of hydrogen-bond acceptors (Lipinski definition) is 2. The van der Waals surface area contributed by atoms with Gasteiger partial charge in [-0.2, -0.15) is 0 Å². The maximum Gasteiger partial charge on any atom is 0.220 e. The van der Waals surface area contributed by atoms with E-state index in [0.717, 1.165) is 38.5 Å². The molecule has 2 N–H and O–H groups in total. The molecule has 0 heterocycles. The fourth-order valence-corrected chi connectivity index (χ4v) is 2.45. The van der Waals surface area contributed by atoms with Crippen LogP contribution in [0.25, 0.3) is 0 Å². The third kappa shape index (κ3) is 6.06. The third-order valence-corrected chi connectivity index (χ3v) is 3.66. The molecule has 0 aromatic heterocycles. The standard InChI is InChI=1S/C14H27NO2/c1-2-3-4-6-9-13(16)15-12-14(17)10-7-5-8-11-14/h17H,2-12H2,1H3,(H,15,16). The zero-order valence-corrected chi connectivity index (χ0v) is 11.1. The molecule has 0 saturated heterocycles. The van der Waals surface area contributed by atoms with E-state index in [9.17, 15) is 9.90 Å². The van der Waals surface area contributed by atoms with Crippen molar-refractivity contribution in [3.8, 4) is 0 Å². The van der Waals surface area contributed by atoms with Crippen LogP contribution < -0.4 is 5.32 Å². The Morgan fingerprint density at radius 3 is 2.53 bits per heavy atom. The topological polar surface area (TPSA) is 49.3 Å². The van der Waals surface area contributed by atoms with Crippen molar-refractivity contribution in [2.24, 2.45) is 0 Å². The lowest BCUT2D eigenvalue weighted by atomic mass is 9.85. The van der Waals surface area contributed by atoms with Gasteiger partial charge >= 0.3 is 0 Å². The summed E-state index contributed by atoms with van der Waals surface area (Å²) in [4.78, 5) is 11.6. The summed E-state index contributed by atoms with van der Waals surface area (Å²) in [6.45, 7) is 2.61. The second-order valence-electron chi connectivity index (χ2n) is 5.37. The van der Waals surface area contributed by atoms with Crippen LogP contribution in [0.5, 0.6) is 0 Å². The highest BCUT2D eigenvalue weighted by molar-refractivity contribution is 5.75. The first-order chi connectivity index (χ1) is 8.16. The predicted octanol–water partition coefficient (Wildman–Crippen LogP) is 2.77. The highest BCUT2D eigenvalue weighted by Crippen LogP contribution is 2.27. The fourth-order valence-electron chi connectivity index (χ4n) is 2.45. The summed E-state index contributed by atoms with van der Waals surface area (Å²) in [7, 11) is 0. The Kier molecular flexibility index (Phi) is 6.56. The minimum atomic E-state index is -0.628. The second-order valence-corrected chi connectivity index (χ2v) is 5.37. The van der Waals surface area contributed by atoms with Crippen LogP contribution in [-0.4, -0.2) is 23.2 Å². The molecule has 0 bridgehead atoms. The number of carbonyl (C=O) groups excluding carboxylic acids is 1. The van der Waals surface area contributed by atoms with Gasteiger partial charge in [-0.15, -0.1) is 0 Å². The van der Waals surface area contributed by atoms with Crippen molar-refractivity contribution in [3.05, 3.63) is 0 Å². The van der Waals surface area contributed by atoms with Gasteiger partial charge in [-0.3, -0.25) is 4.79 Å². The molecule has 1 amide bonds. The Morgan fingerprint density at radius 2 is 1.88 bits per heavy atom. The van der Waals surface area contributed by atoms with Crippen LogP contribution in [0.4, 0.5) is 0 Å². The summed E-state index contributed by atoms with van der Waals surface area (Å²) in [6.07, 6.45) is 10.2. The summed E-state index contributed by atoms with van der Waals surface area (Å²) >= 11 is 0. The molecule has 0 spiro atoms. The number of aliphatic hydroxyl groups is 1. The molecular weight excluding hydrogens is 214 g/mol. The van der Waals surface area contributed by atoms with Crippen LogP contribution in [0.15, 0.2) is 0 Å². The van der Waals surface area contributed by atoms with E-state index in [-0.39, 0.29) is 5.91 Å². The molecule has 1 aliphatic carbocycles. The molecule has 1 aliphatic rings. The molecule has 0 atom stereocenters. The molecular formula is C14H27NO2. The van der Waals surface area contributed by atoms with Crippen LogP contribution in [0, 0.1) is 0 Å². The molecule has 1 rings (SSSR count). The van der Waals surface area contributed by atoms with Crippen molar-refractivity contribution in [2.75, 3.05) is 6.54 Å². The quantitative estimate of drug-likeness (QED) is 0.673. The van der Waals surface area contributed by atoms with Gasteiger partial charge in [-0.25, -0.2) is 0 Å². The van der Waals surface area contributed by atoms with Gasteiger partial charge in [0.05, 0.1) is 5.60 Å². The molecule has 0 unspecified atom stereocenters. The molecule has 0 aromatic rings. The first-order valence-corrected chi connectivity index (χ1v) is 7.15. The number of rotatable bonds is 7. The number of hydrogen-bond donors (Lipinski definition) is 2. The van der Waals surface area contributed by atoms with E-state index in [2.05, 4.69) is 12.2 Å². The SMILES string of the molecule is CCCCCCC(=O)NCC1(O)CCCCC1. The number of carbonyl (C=O) groups is 1. The van der Waals surface area contributed by atoms with Crippen molar-refractivity contribution >= 4 is 5.91 Å². The van der Waals surface area contributed by atoms with E-state index >= 15 is 0 Å². The van der Waals surface area contributed by atoms with E-state index in [1.54, 1.807) is 0 Å². The summed E-state index contributed by atoms with van der Waals surface area (Å²) in [5.41, 5.74) is -0.628. The average molecular weight is 241 g/mol. The Morgan fingerprint density at radius 1 is 1.18 bits per heavy atom. The molecule has 0 aromatic carbocycles. The van der Waals surface area contributed by atoms with E-state index in [1.165, 1.54) is 19.3 Å². The van der Waals surface area contributed by atoms with Crippen molar-refractivity contribution in [1.29, 1.82) is 0 Å². The lowest BCUT2D eigenvalue weighted by molar-refractivity contribution is -0.122. The average Bonchev–Trinajstić information content (AvgIpc) is 2.33. The second kappa shape index (κ2) is 7.70. The monoisotopic (exact) mass is 241 g/mol. The molecule has 17 heavy (non-hydrogen) atoms. The first kappa shape index (κ1) is 14.5. The zero-order valence-electron chi connectivity index (χ0n) is 11.1. The van der Waals surface area contributed by atoms with Gasteiger partial charge in [-0.05, 0) is 19.3 Å². The summed E-state index contributed by atoms with van der Waals surface area (Å²) in [5.74, 6) is 0.0973. The van der Waals surface area contributed by atoms with Gasteiger partial charge in [0.1, 0.15) is 0 Å². The predicted molar refractivity (Wildman–Crippen MR) is 69.8 cm³/mol. The fraction of sp³-hybridized carbons (Fsp3) is 0.929. The molecule has 1 saturated carbocycles. The molecule has 100 valence electrons. The zero-order chi connectivity index (χ0) is 12.6. The maximum absolute atomic E-state index is 11.6. The molecule has 0 radical (unpaired) electrons. The van der Waals surface area contributed by atoms with Crippen LogP contribution in [-0.2, 0) is 4.79 Å². The van der Waals surface area contributed by atoms with Gasteiger partial charge in [0.25, 0.3) is 0 Å². The van der Waals surface area contributed by atoms with Gasteiger partial charge in [0.2, 0.25) is 5.91 Å². The van der Waals surface area contributed by atoms with Crippen molar-refractivity contribution in [1.82, 2.24) is 5.32 Å². The Bertz CT molecular complexity index is 222. The van der Waals surface area contributed by atoms with Crippen LogP contribution >= 0.6 is 0 Å². The highest BCUT2D eigenvalue weighted by atomic mass is 16.3. The minimum Gasteiger partial charge on any atom is -0.388 e.